The molecule has 2 N–H and O–H groups in total. The summed E-state index contributed by atoms with van der Waals surface area (Å²) in [6, 6.07) is 8.76. The van der Waals surface area contributed by atoms with Gasteiger partial charge in [-0.05, 0) is 23.4 Å². The molecule has 1 aromatic heterocycles. The van der Waals surface area contributed by atoms with Crippen molar-refractivity contribution < 1.29 is 5.11 Å². The number of hydrogen-bond donors (Lipinski definition) is 2. The summed E-state index contributed by atoms with van der Waals surface area (Å²) in [5, 5.41) is 15.8. The van der Waals surface area contributed by atoms with Crippen molar-refractivity contribution in [3.05, 3.63) is 42.2 Å². The fourth-order valence-electron chi connectivity index (χ4n) is 2.83. The van der Waals surface area contributed by atoms with E-state index < -0.39 is 0 Å². The summed E-state index contributed by atoms with van der Waals surface area (Å²) in [7, 11) is 0. The minimum absolute atomic E-state index is 0.0217. The Labute approximate surface area is 113 Å². The molecule has 3 nitrogen and oxygen atoms in total. The van der Waals surface area contributed by atoms with E-state index in [1.807, 2.05) is 12.4 Å². The number of aliphatic hydroxyl groups is 1. The van der Waals surface area contributed by atoms with Crippen LogP contribution in [0.15, 0.2) is 36.7 Å². The summed E-state index contributed by atoms with van der Waals surface area (Å²) in [5.41, 5.74) is 1.27. The summed E-state index contributed by atoms with van der Waals surface area (Å²) >= 11 is 0. The highest BCUT2D eigenvalue weighted by Gasteiger charge is 2.46. The minimum atomic E-state index is -0.179. The van der Waals surface area contributed by atoms with E-state index in [-0.39, 0.29) is 11.5 Å². The quantitative estimate of drug-likeness (QED) is 0.887. The molecular formula is C16H20N2O. The van der Waals surface area contributed by atoms with Gasteiger partial charge in [-0.15, -0.1) is 0 Å². The van der Waals surface area contributed by atoms with Crippen molar-refractivity contribution in [1.82, 2.24) is 10.3 Å². The zero-order valence-electron chi connectivity index (χ0n) is 11.4. The molecular weight excluding hydrogens is 236 g/mol. The molecule has 0 aliphatic heterocycles. The summed E-state index contributed by atoms with van der Waals surface area (Å²) in [6.07, 6.45) is 4.40. The molecule has 1 aromatic carbocycles. The predicted molar refractivity (Wildman–Crippen MR) is 76.8 cm³/mol. The van der Waals surface area contributed by atoms with Crippen LogP contribution in [0.2, 0.25) is 0 Å². The number of hydrogen-bond acceptors (Lipinski definition) is 3. The fraction of sp³-hybridized carbons (Fsp3) is 0.438. The van der Waals surface area contributed by atoms with Crippen molar-refractivity contribution in [1.29, 1.82) is 0 Å². The van der Waals surface area contributed by atoms with Crippen LogP contribution in [0.4, 0.5) is 0 Å². The van der Waals surface area contributed by atoms with E-state index >= 15 is 0 Å². The number of benzene rings is 1. The first-order chi connectivity index (χ1) is 9.09. The van der Waals surface area contributed by atoms with Gasteiger partial charge in [0.25, 0.3) is 0 Å². The van der Waals surface area contributed by atoms with Gasteiger partial charge in [-0.2, -0.15) is 0 Å². The molecule has 100 valence electrons. The molecule has 1 aliphatic rings. The third-order valence-electron chi connectivity index (χ3n) is 4.53. The third-order valence-corrected chi connectivity index (χ3v) is 4.53. The van der Waals surface area contributed by atoms with E-state index in [0.717, 1.165) is 13.0 Å². The van der Waals surface area contributed by atoms with Crippen LogP contribution in [0.3, 0.4) is 0 Å². The number of rotatable bonds is 3. The van der Waals surface area contributed by atoms with Gasteiger partial charge < -0.3 is 10.4 Å². The molecule has 2 unspecified atom stereocenters. The lowest BCUT2D eigenvalue weighted by atomic mass is 9.64. The first kappa shape index (κ1) is 12.6. The Morgan fingerprint density at radius 2 is 2.21 bits per heavy atom. The van der Waals surface area contributed by atoms with E-state index in [0.29, 0.717) is 6.04 Å². The predicted octanol–water partition coefficient (Wildman–Crippen LogP) is 2.48. The SMILES string of the molecule is CC1(C)C(O)CC1NCc1cccc2cnccc12. The Morgan fingerprint density at radius 3 is 2.95 bits per heavy atom. The molecule has 1 aliphatic carbocycles. The zero-order chi connectivity index (χ0) is 13.5. The number of nitrogens with one attached hydrogen (secondary N) is 1. The maximum Gasteiger partial charge on any atom is 0.0621 e. The molecule has 0 spiro atoms. The van der Waals surface area contributed by atoms with E-state index in [4.69, 9.17) is 0 Å². The van der Waals surface area contributed by atoms with Crippen molar-refractivity contribution in [3.8, 4) is 0 Å². The molecule has 0 bridgehead atoms. The summed E-state index contributed by atoms with van der Waals surface area (Å²) in [6.45, 7) is 5.07. The van der Waals surface area contributed by atoms with Crippen LogP contribution in [0.5, 0.6) is 0 Å². The highest BCUT2D eigenvalue weighted by molar-refractivity contribution is 5.84. The molecule has 1 heterocycles. The Balaban J connectivity index is 1.76. The van der Waals surface area contributed by atoms with Crippen molar-refractivity contribution in [2.45, 2.75) is 39.0 Å². The fourth-order valence-corrected chi connectivity index (χ4v) is 2.83. The first-order valence-electron chi connectivity index (χ1n) is 6.82. The molecule has 2 aromatic rings. The van der Waals surface area contributed by atoms with Gasteiger partial charge in [0, 0.05) is 35.8 Å². The van der Waals surface area contributed by atoms with E-state index in [1.165, 1.54) is 16.3 Å². The van der Waals surface area contributed by atoms with Crippen molar-refractivity contribution in [3.63, 3.8) is 0 Å². The number of fused-ring (bicyclic) bond motifs is 1. The number of nitrogens with zero attached hydrogens (tertiary/aromatic N) is 1. The van der Waals surface area contributed by atoms with Gasteiger partial charge in [0.15, 0.2) is 0 Å². The zero-order valence-corrected chi connectivity index (χ0v) is 11.4. The molecule has 1 saturated carbocycles. The van der Waals surface area contributed by atoms with Gasteiger partial charge in [-0.1, -0.05) is 32.0 Å². The van der Waals surface area contributed by atoms with E-state index in [9.17, 15) is 5.11 Å². The summed E-state index contributed by atoms with van der Waals surface area (Å²) < 4.78 is 0. The normalized spacial score (nSPS) is 25.2. The van der Waals surface area contributed by atoms with E-state index in [1.54, 1.807) is 0 Å². The Hall–Kier alpha value is -1.45. The van der Waals surface area contributed by atoms with Crippen LogP contribution in [0.25, 0.3) is 10.8 Å². The van der Waals surface area contributed by atoms with Crippen LogP contribution in [0.1, 0.15) is 25.8 Å². The molecule has 0 saturated heterocycles. The average Bonchev–Trinajstić information content (AvgIpc) is 2.43. The van der Waals surface area contributed by atoms with Gasteiger partial charge in [0.1, 0.15) is 0 Å². The lowest BCUT2D eigenvalue weighted by Gasteiger charge is -2.49. The van der Waals surface area contributed by atoms with Crippen molar-refractivity contribution in [2.75, 3.05) is 0 Å². The van der Waals surface area contributed by atoms with E-state index in [2.05, 4.69) is 48.4 Å². The lowest BCUT2D eigenvalue weighted by Crippen LogP contribution is -2.59. The smallest absolute Gasteiger partial charge is 0.0621 e. The molecule has 1 fully saturated rings. The molecule has 3 heteroatoms. The topological polar surface area (TPSA) is 45.1 Å². The minimum Gasteiger partial charge on any atom is -0.392 e. The molecule has 2 atom stereocenters. The highest BCUT2D eigenvalue weighted by Crippen LogP contribution is 2.40. The number of pyridine rings is 1. The molecule has 3 rings (SSSR count). The second kappa shape index (κ2) is 4.58. The van der Waals surface area contributed by atoms with Gasteiger partial charge >= 0.3 is 0 Å². The Kier molecular flexibility index (Phi) is 3.03. The molecule has 0 radical (unpaired) electrons. The van der Waals surface area contributed by atoms with Gasteiger partial charge in [0.2, 0.25) is 0 Å². The maximum atomic E-state index is 9.77. The Bertz CT molecular complexity index is 589. The van der Waals surface area contributed by atoms with Gasteiger partial charge in [-0.25, -0.2) is 0 Å². The van der Waals surface area contributed by atoms with Crippen LogP contribution in [0, 0.1) is 5.41 Å². The first-order valence-corrected chi connectivity index (χ1v) is 6.82. The maximum absolute atomic E-state index is 9.77. The highest BCUT2D eigenvalue weighted by atomic mass is 16.3. The van der Waals surface area contributed by atoms with Crippen LogP contribution in [-0.4, -0.2) is 22.2 Å². The van der Waals surface area contributed by atoms with Gasteiger partial charge in [0.05, 0.1) is 6.10 Å². The van der Waals surface area contributed by atoms with Crippen LogP contribution in [-0.2, 0) is 6.54 Å². The Morgan fingerprint density at radius 1 is 1.37 bits per heavy atom. The molecule has 19 heavy (non-hydrogen) atoms. The lowest BCUT2D eigenvalue weighted by molar-refractivity contribution is -0.0729. The average molecular weight is 256 g/mol. The largest absolute Gasteiger partial charge is 0.392 e. The van der Waals surface area contributed by atoms with Crippen molar-refractivity contribution in [2.24, 2.45) is 5.41 Å². The van der Waals surface area contributed by atoms with Crippen LogP contribution < -0.4 is 5.32 Å². The van der Waals surface area contributed by atoms with Crippen LogP contribution >= 0.6 is 0 Å². The summed E-state index contributed by atoms with van der Waals surface area (Å²) in [4.78, 5) is 4.16. The third kappa shape index (κ3) is 2.13. The standard InChI is InChI=1S/C16H20N2O/c1-16(2)14(8-15(16)19)18-10-12-5-3-4-11-9-17-7-6-13(11)12/h3-7,9,14-15,18-19H,8,10H2,1-2H3. The number of aliphatic hydroxyl groups excluding tert-OH is 1. The molecule has 0 amide bonds. The van der Waals surface area contributed by atoms with Gasteiger partial charge in [-0.3, -0.25) is 4.98 Å². The van der Waals surface area contributed by atoms with Crippen molar-refractivity contribution >= 4 is 10.8 Å². The number of aromatic nitrogens is 1. The second-order valence-electron chi connectivity index (χ2n) is 6.02. The monoisotopic (exact) mass is 256 g/mol. The summed E-state index contributed by atoms with van der Waals surface area (Å²) in [5.74, 6) is 0. The second-order valence-corrected chi connectivity index (χ2v) is 6.02.